The van der Waals surface area contributed by atoms with Gasteiger partial charge in [0.15, 0.2) is 16.9 Å². The molecule has 3 aromatic rings. The number of amides is 1. The number of methoxy groups -OCH3 is 3. The summed E-state index contributed by atoms with van der Waals surface area (Å²) in [7, 11) is 6.46. The van der Waals surface area contributed by atoms with Gasteiger partial charge in [-0.15, -0.1) is 0 Å². The van der Waals surface area contributed by atoms with Gasteiger partial charge in [0.2, 0.25) is 11.7 Å². The highest BCUT2D eigenvalue weighted by Gasteiger charge is 2.26. The lowest BCUT2D eigenvalue weighted by molar-refractivity contribution is -0.120. The van der Waals surface area contributed by atoms with E-state index in [1.54, 1.807) is 18.2 Å². The van der Waals surface area contributed by atoms with Crippen molar-refractivity contribution in [3.8, 4) is 28.4 Å². The molecule has 1 aromatic heterocycles. The van der Waals surface area contributed by atoms with Gasteiger partial charge in [-0.1, -0.05) is 31.4 Å². The molecule has 7 nitrogen and oxygen atoms in total. The van der Waals surface area contributed by atoms with Crippen molar-refractivity contribution in [3.05, 3.63) is 46.6 Å². The van der Waals surface area contributed by atoms with E-state index in [1.165, 1.54) is 21.3 Å². The summed E-state index contributed by atoms with van der Waals surface area (Å²) < 4.78 is 18.3. The molecule has 1 heterocycles. The maximum Gasteiger partial charge on any atom is 0.228 e. The van der Waals surface area contributed by atoms with Crippen LogP contribution in [0.1, 0.15) is 32.1 Å². The van der Waals surface area contributed by atoms with E-state index in [1.807, 2.05) is 29.8 Å². The Labute approximate surface area is 193 Å². The lowest BCUT2D eigenvalue weighted by Gasteiger charge is -2.24. The van der Waals surface area contributed by atoms with Crippen molar-refractivity contribution < 1.29 is 19.0 Å². The van der Waals surface area contributed by atoms with Crippen molar-refractivity contribution in [1.29, 1.82) is 0 Å². The number of carbonyl (C=O) groups excluding carboxylic acids is 1. The molecule has 1 saturated carbocycles. The van der Waals surface area contributed by atoms with Crippen LogP contribution in [0.25, 0.3) is 22.0 Å². The van der Waals surface area contributed by atoms with Crippen molar-refractivity contribution in [1.82, 2.24) is 4.57 Å². The molecule has 0 saturated heterocycles. The Morgan fingerprint density at radius 2 is 1.61 bits per heavy atom. The molecule has 1 aliphatic carbocycles. The van der Waals surface area contributed by atoms with Gasteiger partial charge < -0.3 is 24.1 Å². The number of anilines is 1. The van der Waals surface area contributed by atoms with Gasteiger partial charge in [-0.3, -0.25) is 9.59 Å². The highest BCUT2D eigenvalue weighted by molar-refractivity contribution is 5.99. The summed E-state index contributed by atoms with van der Waals surface area (Å²) >= 11 is 0. The second-order valence-electron chi connectivity index (χ2n) is 8.37. The van der Waals surface area contributed by atoms with E-state index in [0.717, 1.165) is 37.6 Å². The molecule has 0 aliphatic heterocycles. The molecule has 0 spiro atoms. The maximum atomic E-state index is 13.7. The van der Waals surface area contributed by atoms with E-state index in [2.05, 4.69) is 5.32 Å². The Balaban J connectivity index is 1.95. The second kappa shape index (κ2) is 9.57. The Morgan fingerprint density at radius 3 is 2.21 bits per heavy atom. The van der Waals surface area contributed by atoms with Crippen LogP contribution in [-0.2, 0) is 11.8 Å². The summed E-state index contributed by atoms with van der Waals surface area (Å²) in [4.78, 5) is 26.9. The number of carbonyl (C=O) groups is 1. The molecule has 1 fully saturated rings. The minimum Gasteiger partial charge on any atom is -0.493 e. The molecule has 0 atom stereocenters. The normalized spacial score (nSPS) is 14.2. The third kappa shape index (κ3) is 4.15. The predicted molar refractivity (Wildman–Crippen MR) is 129 cm³/mol. The van der Waals surface area contributed by atoms with Gasteiger partial charge in [0.1, 0.15) is 5.82 Å². The fourth-order valence-corrected chi connectivity index (χ4v) is 4.71. The van der Waals surface area contributed by atoms with Gasteiger partial charge in [-0.2, -0.15) is 0 Å². The van der Waals surface area contributed by atoms with Gasteiger partial charge in [0.25, 0.3) is 0 Å². The van der Waals surface area contributed by atoms with Crippen LogP contribution in [0.4, 0.5) is 5.82 Å². The van der Waals surface area contributed by atoms with Gasteiger partial charge in [0.05, 0.1) is 32.4 Å². The molecule has 1 aliphatic rings. The third-order valence-corrected chi connectivity index (χ3v) is 6.48. The molecular weight excluding hydrogens is 420 g/mol. The molecule has 0 unspecified atom stereocenters. The fourth-order valence-electron chi connectivity index (χ4n) is 4.71. The number of para-hydroxylation sites is 1. The number of nitrogens with one attached hydrogen (secondary N) is 1. The summed E-state index contributed by atoms with van der Waals surface area (Å²) in [5, 5.41) is 3.66. The van der Waals surface area contributed by atoms with Crippen molar-refractivity contribution in [3.63, 3.8) is 0 Å². The number of fused-ring (bicyclic) bond motifs is 1. The lowest BCUT2D eigenvalue weighted by Crippen LogP contribution is -2.28. The Hall–Kier alpha value is -3.48. The van der Waals surface area contributed by atoms with Crippen molar-refractivity contribution in [2.45, 2.75) is 32.1 Å². The Bertz CT molecular complexity index is 1220. The lowest BCUT2D eigenvalue weighted by atomic mass is 9.88. The Morgan fingerprint density at radius 1 is 0.970 bits per heavy atom. The quantitative estimate of drug-likeness (QED) is 0.586. The van der Waals surface area contributed by atoms with E-state index >= 15 is 0 Å². The highest BCUT2D eigenvalue weighted by atomic mass is 16.5. The number of aryl methyl sites for hydroxylation is 1. The van der Waals surface area contributed by atoms with Crippen LogP contribution in [0.15, 0.2) is 41.2 Å². The smallest absolute Gasteiger partial charge is 0.228 e. The van der Waals surface area contributed by atoms with Gasteiger partial charge >= 0.3 is 0 Å². The molecule has 4 rings (SSSR count). The van der Waals surface area contributed by atoms with E-state index in [9.17, 15) is 9.59 Å². The van der Waals surface area contributed by atoms with E-state index < -0.39 is 0 Å². The SMILES string of the molecule is COc1cc(-c2c(NC(=O)C3CCCCC3)n(C)c3ccccc3c2=O)cc(OC)c1OC. The number of hydrogen-bond donors (Lipinski definition) is 1. The largest absolute Gasteiger partial charge is 0.493 e. The minimum absolute atomic E-state index is 0.0475. The van der Waals surface area contributed by atoms with Crippen LogP contribution in [0.3, 0.4) is 0 Å². The minimum atomic E-state index is -0.170. The van der Waals surface area contributed by atoms with Gasteiger partial charge in [-0.25, -0.2) is 0 Å². The topological polar surface area (TPSA) is 78.8 Å². The van der Waals surface area contributed by atoms with E-state index in [-0.39, 0.29) is 17.3 Å². The van der Waals surface area contributed by atoms with E-state index in [0.29, 0.717) is 39.6 Å². The van der Waals surface area contributed by atoms with Crippen molar-refractivity contribution in [2.75, 3.05) is 26.6 Å². The zero-order valence-electron chi connectivity index (χ0n) is 19.6. The maximum absolute atomic E-state index is 13.7. The molecular formula is C26H30N2O5. The molecule has 0 bridgehead atoms. The summed E-state index contributed by atoms with van der Waals surface area (Å²) in [6.45, 7) is 0. The molecule has 1 amide bonds. The van der Waals surface area contributed by atoms with Crippen LogP contribution in [0.5, 0.6) is 17.2 Å². The predicted octanol–water partition coefficient (Wildman–Crippen LogP) is 4.75. The number of ether oxygens (including phenoxy) is 3. The summed E-state index contributed by atoms with van der Waals surface area (Å²) in [6.07, 6.45) is 5.00. The molecule has 1 N–H and O–H groups in total. The average Bonchev–Trinajstić information content (AvgIpc) is 2.86. The number of rotatable bonds is 6. The molecule has 0 radical (unpaired) electrons. The van der Waals surface area contributed by atoms with Crippen LogP contribution in [-0.4, -0.2) is 31.8 Å². The van der Waals surface area contributed by atoms with Gasteiger partial charge in [0, 0.05) is 18.4 Å². The highest BCUT2D eigenvalue weighted by Crippen LogP contribution is 2.42. The third-order valence-electron chi connectivity index (χ3n) is 6.48. The monoisotopic (exact) mass is 450 g/mol. The fraction of sp³-hybridized carbons (Fsp3) is 0.385. The van der Waals surface area contributed by atoms with Gasteiger partial charge in [-0.05, 0) is 42.7 Å². The second-order valence-corrected chi connectivity index (χ2v) is 8.37. The molecule has 33 heavy (non-hydrogen) atoms. The molecule has 7 heteroatoms. The molecule has 2 aromatic carbocycles. The molecule has 174 valence electrons. The first-order valence-corrected chi connectivity index (χ1v) is 11.2. The van der Waals surface area contributed by atoms with Crippen molar-refractivity contribution in [2.24, 2.45) is 13.0 Å². The summed E-state index contributed by atoms with van der Waals surface area (Å²) in [5.74, 6) is 1.68. The van der Waals surface area contributed by atoms with Crippen LogP contribution < -0.4 is 25.0 Å². The van der Waals surface area contributed by atoms with Crippen LogP contribution in [0.2, 0.25) is 0 Å². The van der Waals surface area contributed by atoms with Crippen LogP contribution in [0, 0.1) is 5.92 Å². The summed E-state index contributed by atoms with van der Waals surface area (Å²) in [5.41, 5.74) is 1.55. The standard InChI is InChI=1S/C26H30N2O5/c1-28-19-13-9-8-12-18(19)23(29)22(25(28)27-26(30)16-10-6-5-7-11-16)17-14-20(31-2)24(33-4)21(15-17)32-3/h8-9,12-16H,5-7,10-11H2,1-4H3,(H,27,30). The average molecular weight is 451 g/mol. The number of nitrogens with zero attached hydrogens (tertiary/aromatic N) is 1. The number of benzene rings is 2. The number of aromatic nitrogens is 1. The number of pyridine rings is 1. The first kappa shape index (κ1) is 22.7. The van der Waals surface area contributed by atoms with Crippen LogP contribution >= 0.6 is 0 Å². The Kier molecular flexibility index (Phi) is 6.58. The first-order valence-electron chi connectivity index (χ1n) is 11.2. The number of hydrogen-bond acceptors (Lipinski definition) is 5. The zero-order chi connectivity index (χ0) is 23.5. The summed E-state index contributed by atoms with van der Waals surface area (Å²) in [6, 6.07) is 10.9. The van der Waals surface area contributed by atoms with Crippen molar-refractivity contribution >= 4 is 22.6 Å². The van der Waals surface area contributed by atoms with E-state index in [4.69, 9.17) is 14.2 Å². The first-order chi connectivity index (χ1) is 16.0. The zero-order valence-corrected chi connectivity index (χ0v) is 19.6.